The highest BCUT2D eigenvalue weighted by Gasteiger charge is 2.44. The van der Waals surface area contributed by atoms with Crippen LogP contribution in [0.3, 0.4) is 0 Å². The van der Waals surface area contributed by atoms with Crippen molar-refractivity contribution in [1.29, 1.82) is 0 Å². The van der Waals surface area contributed by atoms with Gasteiger partial charge in [0.15, 0.2) is 0 Å². The Kier molecular flexibility index (Phi) is 1.58. The van der Waals surface area contributed by atoms with Gasteiger partial charge in [-0.1, -0.05) is 6.42 Å². The summed E-state index contributed by atoms with van der Waals surface area (Å²) in [5.74, 6) is 0. The zero-order valence-corrected chi connectivity index (χ0v) is 8.32. The topological polar surface area (TPSA) is 55.2 Å². The van der Waals surface area contributed by atoms with E-state index < -0.39 is 0 Å². The van der Waals surface area contributed by atoms with Crippen LogP contribution >= 0.6 is 0 Å². The van der Waals surface area contributed by atoms with Crippen molar-refractivity contribution in [3.63, 3.8) is 0 Å². The standard InChI is InChI=1S/C11H12N2O2/c14-13(15)8-2-3-9-10(6-8)12-7-11(9)4-1-5-11/h2-3,6,12H,1,4-5,7H2. The Morgan fingerprint density at radius 1 is 1.40 bits per heavy atom. The number of nitrogens with one attached hydrogen (secondary N) is 1. The third kappa shape index (κ3) is 1.07. The second-order valence-corrected chi connectivity index (χ2v) is 4.47. The molecule has 1 aromatic carbocycles. The van der Waals surface area contributed by atoms with Crippen LogP contribution in [0.2, 0.25) is 0 Å². The van der Waals surface area contributed by atoms with Gasteiger partial charge in [-0.05, 0) is 24.5 Å². The van der Waals surface area contributed by atoms with E-state index in [-0.39, 0.29) is 10.6 Å². The van der Waals surface area contributed by atoms with Gasteiger partial charge < -0.3 is 5.32 Å². The van der Waals surface area contributed by atoms with Crippen LogP contribution in [0.1, 0.15) is 24.8 Å². The minimum atomic E-state index is -0.340. The number of nitro groups is 1. The maximum Gasteiger partial charge on any atom is 0.271 e. The van der Waals surface area contributed by atoms with Crippen LogP contribution in [0, 0.1) is 10.1 Å². The molecular weight excluding hydrogens is 192 g/mol. The van der Waals surface area contributed by atoms with E-state index in [0.717, 1.165) is 12.2 Å². The highest BCUT2D eigenvalue weighted by Crippen LogP contribution is 2.50. The fraction of sp³-hybridized carbons (Fsp3) is 0.455. The molecule has 1 saturated carbocycles. The van der Waals surface area contributed by atoms with Crippen LogP contribution in [0.15, 0.2) is 18.2 Å². The predicted molar refractivity (Wildman–Crippen MR) is 57.1 cm³/mol. The van der Waals surface area contributed by atoms with Crippen molar-refractivity contribution in [1.82, 2.24) is 0 Å². The lowest BCUT2D eigenvalue weighted by Gasteiger charge is -2.38. The van der Waals surface area contributed by atoms with E-state index in [9.17, 15) is 10.1 Å². The Morgan fingerprint density at radius 2 is 2.20 bits per heavy atom. The first-order valence-corrected chi connectivity index (χ1v) is 5.24. The normalized spacial score (nSPS) is 20.5. The number of fused-ring (bicyclic) bond motifs is 2. The van der Waals surface area contributed by atoms with E-state index in [4.69, 9.17) is 0 Å². The SMILES string of the molecule is O=[N+]([O-])c1ccc2c(c1)NCC21CCC1. The molecule has 1 aliphatic carbocycles. The zero-order chi connectivity index (χ0) is 10.5. The molecule has 3 rings (SSSR count). The number of hydrogen-bond acceptors (Lipinski definition) is 3. The number of non-ortho nitro benzene ring substituents is 1. The molecule has 0 saturated heterocycles. The lowest BCUT2D eigenvalue weighted by atomic mass is 9.66. The average Bonchev–Trinajstić information content (AvgIpc) is 2.54. The molecule has 0 amide bonds. The Hall–Kier alpha value is -1.58. The number of hydrogen-bond donors (Lipinski definition) is 1. The molecule has 1 spiro atoms. The molecule has 1 aliphatic heterocycles. The van der Waals surface area contributed by atoms with E-state index in [0.29, 0.717) is 5.41 Å². The summed E-state index contributed by atoms with van der Waals surface area (Å²) in [7, 11) is 0. The van der Waals surface area contributed by atoms with Gasteiger partial charge in [-0.3, -0.25) is 10.1 Å². The van der Waals surface area contributed by atoms with Crippen LogP contribution in [-0.2, 0) is 5.41 Å². The Balaban J connectivity index is 2.05. The fourth-order valence-corrected chi connectivity index (χ4v) is 2.66. The Bertz CT molecular complexity index is 438. The maximum absolute atomic E-state index is 10.6. The number of rotatable bonds is 1. The van der Waals surface area contributed by atoms with Gasteiger partial charge in [-0.2, -0.15) is 0 Å². The summed E-state index contributed by atoms with van der Waals surface area (Å²) in [5.41, 5.74) is 2.71. The Labute approximate surface area is 87.4 Å². The van der Waals surface area contributed by atoms with Crippen molar-refractivity contribution in [2.75, 3.05) is 11.9 Å². The monoisotopic (exact) mass is 204 g/mol. The molecular formula is C11H12N2O2. The largest absolute Gasteiger partial charge is 0.384 e. The smallest absolute Gasteiger partial charge is 0.271 e. The predicted octanol–water partition coefficient (Wildman–Crippen LogP) is 2.44. The van der Waals surface area contributed by atoms with Crippen LogP contribution in [0.25, 0.3) is 0 Å². The molecule has 4 heteroatoms. The third-order valence-electron chi connectivity index (χ3n) is 3.71. The third-order valence-corrected chi connectivity index (χ3v) is 3.71. The quantitative estimate of drug-likeness (QED) is 0.564. The zero-order valence-electron chi connectivity index (χ0n) is 8.32. The van der Waals surface area contributed by atoms with Crippen molar-refractivity contribution in [2.45, 2.75) is 24.7 Å². The second kappa shape index (κ2) is 2.72. The second-order valence-electron chi connectivity index (χ2n) is 4.47. The van der Waals surface area contributed by atoms with Crippen molar-refractivity contribution in [3.05, 3.63) is 33.9 Å². The summed E-state index contributed by atoms with van der Waals surface area (Å²) in [4.78, 5) is 10.3. The lowest BCUT2D eigenvalue weighted by Crippen LogP contribution is -2.35. The molecule has 1 aromatic rings. The minimum Gasteiger partial charge on any atom is -0.384 e. The first-order chi connectivity index (χ1) is 7.21. The molecule has 1 fully saturated rings. The molecule has 4 nitrogen and oxygen atoms in total. The van der Waals surface area contributed by atoms with Gasteiger partial charge in [-0.25, -0.2) is 0 Å². The van der Waals surface area contributed by atoms with E-state index in [1.165, 1.54) is 24.8 Å². The van der Waals surface area contributed by atoms with Gasteiger partial charge in [-0.15, -0.1) is 0 Å². The van der Waals surface area contributed by atoms with E-state index >= 15 is 0 Å². The first-order valence-electron chi connectivity index (χ1n) is 5.24. The van der Waals surface area contributed by atoms with Gasteiger partial charge in [0.1, 0.15) is 0 Å². The summed E-state index contributed by atoms with van der Waals surface area (Å²) in [6, 6.07) is 5.20. The average molecular weight is 204 g/mol. The number of nitro benzene ring substituents is 1. The van der Waals surface area contributed by atoms with Gasteiger partial charge >= 0.3 is 0 Å². The highest BCUT2D eigenvalue weighted by molar-refractivity contribution is 5.65. The van der Waals surface area contributed by atoms with Crippen LogP contribution in [0.5, 0.6) is 0 Å². The molecule has 2 aliphatic rings. The Morgan fingerprint density at radius 3 is 2.80 bits per heavy atom. The van der Waals surface area contributed by atoms with Crippen molar-refractivity contribution in [3.8, 4) is 0 Å². The molecule has 15 heavy (non-hydrogen) atoms. The summed E-state index contributed by atoms with van der Waals surface area (Å²) in [5, 5.41) is 13.9. The van der Waals surface area contributed by atoms with E-state index in [1.54, 1.807) is 12.1 Å². The lowest BCUT2D eigenvalue weighted by molar-refractivity contribution is -0.384. The van der Waals surface area contributed by atoms with Crippen molar-refractivity contribution in [2.24, 2.45) is 0 Å². The summed E-state index contributed by atoms with van der Waals surface area (Å²) in [6.45, 7) is 0.948. The van der Waals surface area contributed by atoms with Crippen LogP contribution in [-0.4, -0.2) is 11.5 Å². The number of benzene rings is 1. The fourth-order valence-electron chi connectivity index (χ4n) is 2.66. The molecule has 0 atom stereocenters. The number of nitrogens with zero attached hydrogens (tertiary/aromatic N) is 1. The molecule has 0 bridgehead atoms. The maximum atomic E-state index is 10.6. The molecule has 78 valence electrons. The van der Waals surface area contributed by atoms with Gasteiger partial charge in [0.25, 0.3) is 5.69 Å². The molecule has 0 unspecified atom stereocenters. The molecule has 0 radical (unpaired) electrons. The summed E-state index contributed by atoms with van der Waals surface area (Å²) in [6.07, 6.45) is 3.70. The highest BCUT2D eigenvalue weighted by atomic mass is 16.6. The number of anilines is 1. The summed E-state index contributed by atoms with van der Waals surface area (Å²) >= 11 is 0. The van der Waals surface area contributed by atoms with Gasteiger partial charge in [0.2, 0.25) is 0 Å². The van der Waals surface area contributed by atoms with Crippen molar-refractivity contribution >= 4 is 11.4 Å². The van der Waals surface area contributed by atoms with E-state index in [2.05, 4.69) is 5.32 Å². The van der Waals surface area contributed by atoms with Gasteiger partial charge in [0.05, 0.1) is 4.92 Å². The van der Waals surface area contributed by atoms with E-state index in [1.807, 2.05) is 6.07 Å². The van der Waals surface area contributed by atoms with Crippen LogP contribution < -0.4 is 5.32 Å². The summed E-state index contributed by atoms with van der Waals surface area (Å²) < 4.78 is 0. The minimum absolute atomic E-state index is 0.178. The molecule has 0 aromatic heterocycles. The first kappa shape index (κ1) is 8.71. The molecule has 1 heterocycles. The van der Waals surface area contributed by atoms with Crippen LogP contribution in [0.4, 0.5) is 11.4 Å². The molecule has 1 N–H and O–H groups in total. The van der Waals surface area contributed by atoms with Gasteiger partial charge in [0, 0.05) is 29.8 Å². The van der Waals surface area contributed by atoms with Crippen molar-refractivity contribution < 1.29 is 4.92 Å².